The number of nitrogens with zero attached hydrogens (tertiary/aromatic N) is 4. The van der Waals surface area contributed by atoms with Crippen molar-refractivity contribution in [2.75, 3.05) is 14.2 Å². The summed E-state index contributed by atoms with van der Waals surface area (Å²) in [6.45, 7) is 2.67. The molecule has 0 radical (unpaired) electrons. The highest BCUT2D eigenvalue weighted by Crippen LogP contribution is 2.26. The lowest BCUT2D eigenvalue weighted by Crippen LogP contribution is -2.22. The zero-order valence-corrected chi connectivity index (χ0v) is 17.7. The van der Waals surface area contributed by atoms with Gasteiger partial charge >= 0.3 is 5.97 Å². The van der Waals surface area contributed by atoms with Crippen molar-refractivity contribution in [3.05, 3.63) is 57.2 Å². The molecule has 9 heteroatoms. The second kappa shape index (κ2) is 8.30. The maximum atomic E-state index is 11.7. The van der Waals surface area contributed by atoms with Gasteiger partial charge in [0.15, 0.2) is 10.6 Å². The predicted octanol–water partition coefficient (Wildman–Crippen LogP) is 4.05. The summed E-state index contributed by atoms with van der Waals surface area (Å²) in [5.74, 6) is 1.48. The maximum absolute atomic E-state index is 11.7. The van der Waals surface area contributed by atoms with Crippen LogP contribution in [0.1, 0.15) is 21.9 Å². The van der Waals surface area contributed by atoms with Crippen molar-refractivity contribution in [2.24, 2.45) is 7.05 Å². The normalized spacial score (nSPS) is 11.2. The van der Waals surface area contributed by atoms with Crippen LogP contribution in [0.3, 0.4) is 0 Å². The molecule has 1 aromatic carbocycles. The Hall–Kier alpha value is -2.42. The van der Waals surface area contributed by atoms with Gasteiger partial charge in [-0.15, -0.1) is 0 Å². The van der Waals surface area contributed by atoms with E-state index in [0.29, 0.717) is 45.9 Å². The molecule has 0 spiro atoms. The number of esters is 1. The maximum Gasteiger partial charge on any atom is 0.341 e. The lowest BCUT2D eigenvalue weighted by Gasteiger charge is -2.14. The molecule has 0 aliphatic rings. The van der Waals surface area contributed by atoms with Gasteiger partial charge < -0.3 is 13.7 Å². The Morgan fingerprint density at radius 1 is 1.39 bits per heavy atom. The van der Waals surface area contributed by atoms with Crippen LogP contribution < -0.4 is 0 Å². The van der Waals surface area contributed by atoms with Crippen LogP contribution in [-0.2, 0) is 25.0 Å². The molecule has 0 saturated carbocycles. The van der Waals surface area contributed by atoms with E-state index in [2.05, 4.69) is 5.10 Å². The zero-order chi connectivity index (χ0) is 20.4. The smallest absolute Gasteiger partial charge is 0.341 e. The Morgan fingerprint density at radius 2 is 2.11 bits per heavy atom. The molecule has 0 atom stereocenters. The quantitative estimate of drug-likeness (QED) is 0.442. The molecule has 0 amide bonds. The predicted molar refractivity (Wildman–Crippen MR) is 109 cm³/mol. The largest absolute Gasteiger partial charge is 0.465 e. The molecule has 2 heterocycles. The van der Waals surface area contributed by atoms with Crippen LogP contribution in [0.2, 0.25) is 5.02 Å². The fraction of sp³-hybridized carbons (Fsp3) is 0.316. The molecule has 0 saturated heterocycles. The van der Waals surface area contributed by atoms with Crippen LogP contribution >= 0.6 is 23.8 Å². The Labute approximate surface area is 173 Å². The number of rotatable bonds is 6. The molecule has 0 N–H and O–H groups in total. The van der Waals surface area contributed by atoms with Gasteiger partial charge in [0.2, 0.25) is 0 Å². The number of aromatic nitrogens is 3. The van der Waals surface area contributed by atoms with Crippen molar-refractivity contribution in [2.45, 2.75) is 20.1 Å². The van der Waals surface area contributed by atoms with Crippen LogP contribution in [0.25, 0.3) is 11.4 Å². The topological polar surface area (TPSA) is 65.4 Å². The molecule has 0 unspecified atom stereocenters. The summed E-state index contributed by atoms with van der Waals surface area (Å²) in [5.41, 5.74) is 1.25. The van der Waals surface area contributed by atoms with Gasteiger partial charge in [0.05, 0.1) is 25.3 Å². The van der Waals surface area contributed by atoms with E-state index in [-0.39, 0.29) is 0 Å². The molecular weight excluding hydrogens is 400 g/mol. The number of methoxy groups -OCH3 is 1. The number of halogens is 1. The number of carbonyl (C=O) groups excluding carboxylic acids is 1. The summed E-state index contributed by atoms with van der Waals surface area (Å²) in [6.07, 6.45) is 0. The highest BCUT2D eigenvalue weighted by molar-refractivity contribution is 7.71. The minimum absolute atomic E-state index is 0.411. The number of ether oxygens (including phenoxy) is 1. The van der Waals surface area contributed by atoms with E-state index >= 15 is 0 Å². The first-order valence-corrected chi connectivity index (χ1v) is 9.35. The van der Waals surface area contributed by atoms with E-state index < -0.39 is 5.97 Å². The summed E-state index contributed by atoms with van der Waals surface area (Å²) in [5, 5.41) is 5.25. The second-order valence-corrected chi connectivity index (χ2v) is 7.25. The van der Waals surface area contributed by atoms with Gasteiger partial charge in [0, 0.05) is 12.6 Å². The summed E-state index contributed by atoms with van der Waals surface area (Å²) >= 11 is 11.8. The first kappa shape index (κ1) is 20.3. The van der Waals surface area contributed by atoms with Crippen LogP contribution in [0.4, 0.5) is 0 Å². The van der Waals surface area contributed by atoms with Crippen molar-refractivity contribution in [1.29, 1.82) is 0 Å². The molecule has 2 aromatic heterocycles. The van der Waals surface area contributed by atoms with Crippen LogP contribution in [-0.4, -0.2) is 39.4 Å². The minimum Gasteiger partial charge on any atom is -0.465 e. The molecule has 3 aromatic rings. The third-order valence-corrected chi connectivity index (χ3v) is 5.15. The van der Waals surface area contributed by atoms with Crippen LogP contribution in [0.15, 0.2) is 34.7 Å². The molecule has 148 valence electrons. The molecule has 0 fully saturated rings. The lowest BCUT2D eigenvalue weighted by molar-refractivity contribution is 0.0599. The van der Waals surface area contributed by atoms with E-state index in [1.165, 1.54) is 7.11 Å². The van der Waals surface area contributed by atoms with Crippen molar-refractivity contribution >= 4 is 29.8 Å². The van der Waals surface area contributed by atoms with Gasteiger partial charge in [-0.1, -0.05) is 23.7 Å². The number of aryl methyl sites for hydroxylation is 1. The molecule has 7 nitrogen and oxygen atoms in total. The van der Waals surface area contributed by atoms with E-state index in [0.717, 1.165) is 5.56 Å². The fourth-order valence-electron chi connectivity index (χ4n) is 2.94. The van der Waals surface area contributed by atoms with Crippen molar-refractivity contribution in [3.63, 3.8) is 0 Å². The average molecular weight is 421 g/mol. The number of hydrogen-bond acceptors (Lipinski definition) is 6. The molecule has 3 rings (SSSR count). The van der Waals surface area contributed by atoms with Gasteiger partial charge in [-0.05, 0) is 44.4 Å². The summed E-state index contributed by atoms with van der Waals surface area (Å²) in [4.78, 5) is 13.7. The third-order valence-electron chi connectivity index (χ3n) is 4.33. The first-order chi connectivity index (χ1) is 13.3. The van der Waals surface area contributed by atoms with Crippen molar-refractivity contribution in [3.8, 4) is 11.4 Å². The SMILES string of the molecule is COC(=O)c1cc(CN(C)Cn2nc(-c3ccccc3Cl)n(C)c2=S)oc1C. The zero-order valence-electron chi connectivity index (χ0n) is 16.1. The van der Waals surface area contributed by atoms with E-state index in [1.807, 2.05) is 47.8 Å². The number of benzene rings is 1. The van der Waals surface area contributed by atoms with Gasteiger partial charge in [-0.3, -0.25) is 4.90 Å². The molecule has 0 aliphatic heterocycles. The Morgan fingerprint density at radius 3 is 2.79 bits per heavy atom. The molecule has 0 aliphatic carbocycles. The molecular formula is C19H21ClN4O3S. The highest BCUT2D eigenvalue weighted by Gasteiger charge is 2.17. The van der Waals surface area contributed by atoms with Crippen LogP contribution in [0, 0.1) is 11.7 Å². The lowest BCUT2D eigenvalue weighted by atomic mass is 10.2. The van der Waals surface area contributed by atoms with E-state index in [1.54, 1.807) is 17.7 Å². The third kappa shape index (κ3) is 4.04. The summed E-state index contributed by atoms with van der Waals surface area (Å²) in [6, 6.07) is 9.22. The second-order valence-electron chi connectivity index (χ2n) is 6.47. The Balaban J connectivity index is 1.79. The molecule has 0 bridgehead atoms. The van der Waals surface area contributed by atoms with Gasteiger partial charge in [0.1, 0.15) is 17.1 Å². The van der Waals surface area contributed by atoms with Gasteiger partial charge in [-0.25, -0.2) is 9.48 Å². The van der Waals surface area contributed by atoms with Crippen molar-refractivity contribution in [1.82, 2.24) is 19.2 Å². The number of furan rings is 1. The summed E-state index contributed by atoms with van der Waals surface area (Å²) < 4.78 is 14.6. The minimum atomic E-state index is -0.411. The Bertz CT molecular complexity index is 1070. The number of carbonyl (C=O) groups is 1. The Kier molecular flexibility index (Phi) is 6.02. The highest BCUT2D eigenvalue weighted by atomic mass is 35.5. The molecule has 28 heavy (non-hydrogen) atoms. The van der Waals surface area contributed by atoms with E-state index in [4.69, 9.17) is 33.0 Å². The van der Waals surface area contributed by atoms with Crippen molar-refractivity contribution < 1.29 is 13.9 Å². The van der Waals surface area contributed by atoms with Crippen LogP contribution in [0.5, 0.6) is 0 Å². The van der Waals surface area contributed by atoms with E-state index in [9.17, 15) is 4.79 Å². The fourth-order valence-corrected chi connectivity index (χ4v) is 3.34. The first-order valence-electron chi connectivity index (χ1n) is 8.56. The summed E-state index contributed by atoms with van der Waals surface area (Å²) in [7, 11) is 5.13. The van der Waals surface area contributed by atoms with Gasteiger partial charge in [0.25, 0.3) is 0 Å². The van der Waals surface area contributed by atoms with Gasteiger partial charge in [-0.2, -0.15) is 5.10 Å². The monoisotopic (exact) mass is 420 g/mol. The number of hydrogen-bond donors (Lipinski definition) is 0. The average Bonchev–Trinajstić information content (AvgIpc) is 3.16. The standard InChI is InChI=1S/C19H21ClN4O3S/c1-12-15(18(25)26-4)9-13(27-12)10-22(2)11-24-19(28)23(3)17(21-24)14-7-5-6-8-16(14)20/h5-9H,10-11H2,1-4H3.